The van der Waals surface area contributed by atoms with Crippen LogP contribution in [0.5, 0.6) is 5.75 Å². The summed E-state index contributed by atoms with van der Waals surface area (Å²) in [5.74, 6) is -0.0797. The predicted octanol–water partition coefficient (Wildman–Crippen LogP) is 3.17. The molecule has 2 fully saturated rings. The monoisotopic (exact) mass is 422 g/mol. The van der Waals surface area contributed by atoms with Gasteiger partial charge in [-0.2, -0.15) is 0 Å². The Bertz CT molecular complexity index is 732. The molecule has 1 aromatic carbocycles. The average Bonchev–Trinajstić information content (AvgIpc) is 3.19. The summed E-state index contributed by atoms with van der Waals surface area (Å²) in [4.78, 5) is 10.6. The molecule has 2 aliphatic rings. The fourth-order valence-corrected chi connectivity index (χ4v) is 4.61. The molecule has 3 rings (SSSR count). The molecule has 0 radical (unpaired) electrons. The molecule has 0 saturated heterocycles. The van der Waals surface area contributed by atoms with E-state index >= 15 is 0 Å². The number of benzene rings is 1. The Labute approximate surface area is 176 Å². The highest BCUT2D eigenvalue weighted by atomic mass is 19.1. The minimum absolute atomic E-state index is 0.0152. The summed E-state index contributed by atoms with van der Waals surface area (Å²) >= 11 is 0. The van der Waals surface area contributed by atoms with Gasteiger partial charge in [-0.05, 0) is 68.7 Å². The van der Waals surface area contributed by atoms with Gasteiger partial charge in [-0.15, -0.1) is 0 Å². The summed E-state index contributed by atoms with van der Waals surface area (Å²) in [6.45, 7) is 2.09. The normalized spacial score (nSPS) is 30.3. The highest BCUT2D eigenvalue weighted by molar-refractivity contribution is 5.66. The number of rotatable bonds is 10. The van der Waals surface area contributed by atoms with Crippen LogP contribution in [0.1, 0.15) is 39.0 Å². The number of halogens is 1. The fraction of sp³-hybridized carbons (Fsp3) is 0.609. The third kappa shape index (κ3) is 6.27. The summed E-state index contributed by atoms with van der Waals surface area (Å²) in [6, 6.07) is 5.62. The lowest BCUT2D eigenvalue weighted by atomic mass is 9.89. The third-order valence-electron chi connectivity index (χ3n) is 6.10. The zero-order chi connectivity index (χ0) is 21.7. The Hall–Kier alpha value is -1.96. The first-order chi connectivity index (χ1) is 14.2. The van der Waals surface area contributed by atoms with Crippen molar-refractivity contribution < 1.29 is 34.0 Å². The Morgan fingerprint density at radius 2 is 2.00 bits per heavy atom. The molecule has 0 heterocycles. The standard InChI is InChI=1S/C23H31FO6/c1-23(28,14-30-17-6-4-16(24)5-7-17)9-8-19-20-13-18(11-15(20)12-21(19)25)29-10-2-3-22(26)27/h4-9,15,18-21,25,28H,2-3,10-14H2,1H3,(H,26,27)/t15-,18?,19+,20+,21+,23?/m0/s1. The molecule has 6 atom stereocenters. The van der Waals surface area contributed by atoms with E-state index in [2.05, 4.69) is 0 Å². The van der Waals surface area contributed by atoms with Crippen LogP contribution < -0.4 is 4.74 Å². The van der Waals surface area contributed by atoms with E-state index in [0.717, 1.165) is 12.8 Å². The van der Waals surface area contributed by atoms with Gasteiger partial charge in [0.05, 0.1) is 12.2 Å². The molecule has 6 nitrogen and oxygen atoms in total. The summed E-state index contributed by atoms with van der Waals surface area (Å²) in [6.07, 6.45) is 6.24. The first-order valence-electron chi connectivity index (χ1n) is 10.5. The fourth-order valence-electron chi connectivity index (χ4n) is 4.61. The molecule has 2 aliphatic carbocycles. The number of hydrogen-bond acceptors (Lipinski definition) is 5. The number of fused-ring (bicyclic) bond motifs is 1. The van der Waals surface area contributed by atoms with Crippen LogP contribution in [-0.4, -0.2) is 52.3 Å². The highest BCUT2D eigenvalue weighted by Gasteiger charge is 2.47. The third-order valence-corrected chi connectivity index (χ3v) is 6.10. The predicted molar refractivity (Wildman–Crippen MR) is 109 cm³/mol. The molecule has 0 aromatic heterocycles. The average molecular weight is 422 g/mol. The van der Waals surface area contributed by atoms with Gasteiger partial charge in [0.2, 0.25) is 0 Å². The molecule has 0 aliphatic heterocycles. The smallest absolute Gasteiger partial charge is 0.303 e. The van der Waals surface area contributed by atoms with E-state index in [-0.39, 0.29) is 36.8 Å². The van der Waals surface area contributed by atoms with Crippen LogP contribution >= 0.6 is 0 Å². The molecule has 7 heteroatoms. The van der Waals surface area contributed by atoms with Crippen molar-refractivity contribution in [2.75, 3.05) is 13.2 Å². The van der Waals surface area contributed by atoms with E-state index in [1.54, 1.807) is 13.0 Å². The van der Waals surface area contributed by atoms with Crippen molar-refractivity contribution in [3.63, 3.8) is 0 Å². The van der Waals surface area contributed by atoms with Crippen LogP contribution in [0.4, 0.5) is 4.39 Å². The second-order valence-corrected chi connectivity index (χ2v) is 8.72. The minimum Gasteiger partial charge on any atom is -0.490 e. The Morgan fingerprint density at radius 3 is 2.70 bits per heavy atom. The highest BCUT2D eigenvalue weighted by Crippen LogP contribution is 2.49. The largest absolute Gasteiger partial charge is 0.490 e. The van der Waals surface area contributed by atoms with Gasteiger partial charge in [0.15, 0.2) is 0 Å². The molecular formula is C23H31FO6. The van der Waals surface area contributed by atoms with Crippen molar-refractivity contribution in [3.05, 3.63) is 42.2 Å². The van der Waals surface area contributed by atoms with Crippen molar-refractivity contribution in [1.82, 2.24) is 0 Å². The molecule has 166 valence electrons. The second-order valence-electron chi connectivity index (χ2n) is 8.72. The number of aliphatic hydroxyl groups is 2. The lowest BCUT2D eigenvalue weighted by molar-refractivity contribution is -0.137. The molecule has 30 heavy (non-hydrogen) atoms. The molecule has 2 saturated carbocycles. The molecule has 0 bridgehead atoms. The number of aliphatic hydroxyl groups excluding tert-OH is 1. The molecule has 2 unspecified atom stereocenters. The maximum atomic E-state index is 13.0. The number of hydrogen-bond donors (Lipinski definition) is 3. The zero-order valence-corrected chi connectivity index (χ0v) is 17.2. The zero-order valence-electron chi connectivity index (χ0n) is 17.2. The maximum absolute atomic E-state index is 13.0. The first-order valence-corrected chi connectivity index (χ1v) is 10.5. The Balaban J connectivity index is 1.50. The molecule has 0 amide bonds. The first kappa shape index (κ1) is 22.7. The van der Waals surface area contributed by atoms with Crippen molar-refractivity contribution in [2.45, 2.75) is 56.8 Å². The Morgan fingerprint density at radius 1 is 1.27 bits per heavy atom. The maximum Gasteiger partial charge on any atom is 0.303 e. The van der Waals surface area contributed by atoms with Gasteiger partial charge < -0.3 is 24.8 Å². The van der Waals surface area contributed by atoms with Crippen molar-refractivity contribution >= 4 is 5.97 Å². The number of carboxylic acids is 1. The van der Waals surface area contributed by atoms with Gasteiger partial charge in [0.1, 0.15) is 23.8 Å². The van der Waals surface area contributed by atoms with Crippen molar-refractivity contribution in [1.29, 1.82) is 0 Å². The molecule has 3 N–H and O–H groups in total. The van der Waals surface area contributed by atoms with Crippen molar-refractivity contribution in [3.8, 4) is 5.75 Å². The van der Waals surface area contributed by atoms with Gasteiger partial charge in [0, 0.05) is 18.9 Å². The number of ether oxygens (including phenoxy) is 2. The van der Waals surface area contributed by atoms with E-state index < -0.39 is 17.7 Å². The molecule has 1 aromatic rings. The number of aliphatic carboxylic acids is 1. The molecular weight excluding hydrogens is 391 g/mol. The van der Waals surface area contributed by atoms with E-state index in [1.165, 1.54) is 24.3 Å². The summed E-state index contributed by atoms with van der Waals surface area (Å²) in [7, 11) is 0. The van der Waals surface area contributed by atoms with Crippen LogP contribution in [0.15, 0.2) is 36.4 Å². The molecule has 0 spiro atoms. The van der Waals surface area contributed by atoms with E-state index in [4.69, 9.17) is 14.6 Å². The van der Waals surface area contributed by atoms with Gasteiger partial charge in [-0.3, -0.25) is 4.79 Å². The topological polar surface area (TPSA) is 96.2 Å². The van der Waals surface area contributed by atoms with Crippen LogP contribution in [-0.2, 0) is 9.53 Å². The summed E-state index contributed by atoms with van der Waals surface area (Å²) in [5, 5.41) is 29.8. The SMILES string of the molecule is CC(O)(C=C[C@@H]1[C@@H]2CC(OCCCC(=O)O)C[C@H]2C[C@H]1O)COc1ccc(F)cc1. The van der Waals surface area contributed by atoms with Gasteiger partial charge in [-0.25, -0.2) is 4.39 Å². The van der Waals surface area contributed by atoms with Gasteiger partial charge in [0.25, 0.3) is 0 Å². The quantitative estimate of drug-likeness (QED) is 0.396. The van der Waals surface area contributed by atoms with E-state index in [9.17, 15) is 19.4 Å². The van der Waals surface area contributed by atoms with Gasteiger partial charge >= 0.3 is 5.97 Å². The Kier molecular flexibility index (Phi) is 7.50. The number of carbonyl (C=O) groups is 1. The van der Waals surface area contributed by atoms with E-state index in [0.29, 0.717) is 31.1 Å². The van der Waals surface area contributed by atoms with Crippen LogP contribution in [0.2, 0.25) is 0 Å². The van der Waals surface area contributed by atoms with Crippen LogP contribution in [0.3, 0.4) is 0 Å². The lowest BCUT2D eigenvalue weighted by Gasteiger charge is -2.23. The van der Waals surface area contributed by atoms with Gasteiger partial charge in [-0.1, -0.05) is 12.2 Å². The second kappa shape index (κ2) is 9.90. The lowest BCUT2D eigenvalue weighted by Crippen LogP contribution is -2.30. The van der Waals surface area contributed by atoms with E-state index in [1.807, 2.05) is 6.08 Å². The summed E-state index contributed by atoms with van der Waals surface area (Å²) in [5.41, 5.74) is -1.22. The van der Waals surface area contributed by atoms with Crippen LogP contribution in [0.25, 0.3) is 0 Å². The number of carboxylic acid groups (broad SMARTS) is 1. The summed E-state index contributed by atoms with van der Waals surface area (Å²) < 4.78 is 24.4. The van der Waals surface area contributed by atoms with Crippen molar-refractivity contribution in [2.24, 2.45) is 17.8 Å². The van der Waals surface area contributed by atoms with Crippen LogP contribution in [0, 0.1) is 23.6 Å². The minimum atomic E-state index is -1.22.